The Labute approximate surface area is 174 Å². The normalized spacial score (nSPS) is 22.0. The zero-order chi connectivity index (χ0) is 19.6. The molecule has 2 aliphatic heterocycles. The van der Waals surface area contributed by atoms with Crippen LogP contribution in [0.1, 0.15) is 38.5 Å². The van der Waals surface area contributed by atoms with Crippen LogP contribution in [0.15, 0.2) is 53.0 Å². The first-order valence-corrected chi connectivity index (χ1v) is 10.6. The second-order valence-corrected chi connectivity index (χ2v) is 7.61. The molecule has 6 heteroatoms. The summed E-state index contributed by atoms with van der Waals surface area (Å²) in [4.78, 5) is 0. The molecule has 2 heterocycles. The van der Waals surface area contributed by atoms with Crippen molar-refractivity contribution in [1.82, 2.24) is 0 Å². The van der Waals surface area contributed by atoms with E-state index in [2.05, 4.69) is 15.9 Å². The molecule has 1 N–H and O–H groups in total. The van der Waals surface area contributed by atoms with Gasteiger partial charge in [-0.3, -0.25) is 0 Å². The van der Waals surface area contributed by atoms with Gasteiger partial charge in [0.2, 0.25) is 0 Å². The molecule has 2 fully saturated rings. The average Bonchev–Trinajstić information content (AvgIpc) is 2.72. The van der Waals surface area contributed by atoms with Gasteiger partial charge in [-0.05, 0) is 78.7 Å². The van der Waals surface area contributed by atoms with Gasteiger partial charge >= 0.3 is 0 Å². The maximum atomic E-state index is 9.27. The summed E-state index contributed by atoms with van der Waals surface area (Å²) in [6.07, 6.45) is 6.83. The first-order valence-electron chi connectivity index (χ1n) is 9.81. The van der Waals surface area contributed by atoms with Crippen LogP contribution in [-0.2, 0) is 14.2 Å². The van der Waals surface area contributed by atoms with Crippen LogP contribution in [0.5, 0.6) is 17.2 Å². The SMILES string of the molecule is C1CCC(OC2CCCCO2)OC1.Oc1cccc(Oc2ccccc2Br)c1. The summed E-state index contributed by atoms with van der Waals surface area (Å²) in [5.41, 5.74) is 0. The summed E-state index contributed by atoms with van der Waals surface area (Å²) >= 11 is 3.38. The van der Waals surface area contributed by atoms with Crippen molar-refractivity contribution in [2.24, 2.45) is 0 Å². The quantitative estimate of drug-likeness (QED) is 0.618. The van der Waals surface area contributed by atoms with Crippen LogP contribution in [0.3, 0.4) is 0 Å². The molecule has 2 unspecified atom stereocenters. The minimum absolute atomic E-state index is 0.00292. The van der Waals surface area contributed by atoms with Gasteiger partial charge in [0.15, 0.2) is 12.6 Å². The van der Waals surface area contributed by atoms with Gasteiger partial charge in [0.25, 0.3) is 0 Å². The molecule has 2 saturated heterocycles. The van der Waals surface area contributed by atoms with Crippen molar-refractivity contribution < 1.29 is 24.1 Å². The minimum atomic E-state index is -0.00292. The number of phenolic OH excluding ortho intramolecular Hbond substituents is 1. The van der Waals surface area contributed by atoms with E-state index in [0.29, 0.717) is 5.75 Å². The molecule has 2 atom stereocenters. The second kappa shape index (κ2) is 11.4. The van der Waals surface area contributed by atoms with E-state index in [0.717, 1.165) is 36.3 Å². The molecule has 28 heavy (non-hydrogen) atoms. The number of hydrogen-bond donors (Lipinski definition) is 1. The van der Waals surface area contributed by atoms with Gasteiger partial charge < -0.3 is 24.1 Å². The number of halogens is 1. The number of rotatable bonds is 4. The minimum Gasteiger partial charge on any atom is -0.508 e. The number of benzene rings is 2. The maximum Gasteiger partial charge on any atom is 0.160 e. The highest BCUT2D eigenvalue weighted by Crippen LogP contribution is 2.30. The molecule has 0 bridgehead atoms. The van der Waals surface area contributed by atoms with E-state index >= 15 is 0 Å². The molecule has 0 radical (unpaired) electrons. The third-order valence-corrected chi connectivity index (χ3v) is 5.12. The van der Waals surface area contributed by atoms with E-state index < -0.39 is 0 Å². The molecule has 2 aliphatic rings. The van der Waals surface area contributed by atoms with Crippen molar-refractivity contribution in [2.45, 2.75) is 51.1 Å². The highest BCUT2D eigenvalue weighted by atomic mass is 79.9. The molecule has 2 aromatic rings. The monoisotopic (exact) mass is 450 g/mol. The molecule has 0 saturated carbocycles. The van der Waals surface area contributed by atoms with Crippen LogP contribution in [0.4, 0.5) is 0 Å². The van der Waals surface area contributed by atoms with Crippen molar-refractivity contribution in [1.29, 1.82) is 0 Å². The van der Waals surface area contributed by atoms with E-state index in [-0.39, 0.29) is 18.3 Å². The molecular formula is C22H27BrO5. The molecule has 0 aliphatic carbocycles. The Kier molecular flexibility index (Phi) is 8.61. The predicted octanol–water partition coefficient (Wildman–Crippen LogP) is 6.00. The number of hydrogen-bond acceptors (Lipinski definition) is 5. The lowest BCUT2D eigenvalue weighted by Crippen LogP contribution is -2.31. The van der Waals surface area contributed by atoms with Crippen molar-refractivity contribution in [2.75, 3.05) is 13.2 Å². The number of para-hydroxylation sites is 1. The maximum absolute atomic E-state index is 9.27. The summed E-state index contributed by atoms with van der Waals surface area (Å²) in [6.45, 7) is 1.69. The van der Waals surface area contributed by atoms with Crippen LogP contribution >= 0.6 is 15.9 Å². The Morgan fingerprint density at radius 3 is 2.11 bits per heavy atom. The van der Waals surface area contributed by atoms with Gasteiger partial charge in [-0.25, -0.2) is 0 Å². The molecule has 0 aromatic heterocycles. The fraction of sp³-hybridized carbons (Fsp3) is 0.455. The Bertz CT molecular complexity index is 696. The fourth-order valence-corrected chi connectivity index (χ4v) is 3.37. The first kappa shape index (κ1) is 21.1. The molecule has 0 spiro atoms. The summed E-state index contributed by atoms with van der Waals surface area (Å²) in [5, 5.41) is 9.27. The molecule has 152 valence electrons. The van der Waals surface area contributed by atoms with Crippen LogP contribution < -0.4 is 4.74 Å². The van der Waals surface area contributed by atoms with Gasteiger partial charge in [-0.1, -0.05) is 18.2 Å². The number of phenols is 1. The lowest BCUT2D eigenvalue weighted by Gasteiger charge is -2.29. The molecule has 4 rings (SSSR count). The Morgan fingerprint density at radius 2 is 1.54 bits per heavy atom. The van der Waals surface area contributed by atoms with Crippen molar-refractivity contribution in [3.8, 4) is 17.2 Å². The standard InChI is InChI=1S/C12H9BrO2.C10H18O3/c13-11-6-1-2-7-12(11)15-10-5-3-4-9(14)8-10;1-3-7-11-9(5-1)13-10-6-2-4-8-12-10/h1-8,14H;9-10H,1-8H2. The predicted molar refractivity (Wildman–Crippen MR) is 111 cm³/mol. The zero-order valence-corrected chi connectivity index (χ0v) is 17.5. The van der Waals surface area contributed by atoms with Gasteiger partial charge in [-0.15, -0.1) is 0 Å². The average molecular weight is 451 g/mol. The highest BCUT2D eigenvalue weighted by molar-refractivity contribution is 9.10. The largest absolute Gasteiger partial charge is 0.508 e. The Balaban J connectivity index is 0.000000162. The highest BCUT2D eigenvalue weighted by Gasteiger charge is 2.21. The molecule has 0 amide bonds. The van der Waals surface area contributed by atoms with E-state index in [1.165, 1.54) is 25.7 Å². The first-order chi connectivity index (χ1) is 13.7. The topological polar surface area (TPSA) is 57.2 Å². The van der Waals surface area contributed by atoms with Gasteiger partial charge in [0.05, 0.1) is 4.47 Å². The summed E-state index contributed by atoms with van der Waals surface area (Å²) in [6, 6.07) is 14.3. The third kappa shape index (κ3) is 7.09. The lowest BCUT2D eigenvalue weighted by atomic mass is 10.2. The number of ether oxygens (including phenoxy) is 4. The molecule has 5 nitrogen and oxygen atoms in total. The van der Waals surface area contributed by atoms with Crippen molar-refractivity contribution in [3.63, 3.8) is 0 Å². The van der Waals surface area contributed by atoms with Crippen molar-refractivity contribution in [3.05, 3.63) is 53.0 Å². The van der Waals surface area contributed by atoms with Gasteiger partial charge in [0.1, 0.15) is 17.2 Å². The van der Waals surface area contributed by atoms with Gasteiger partial charge in [-0.2, -0.15) is 0 Å². The second-order valence-electron chi connectivity index (χ2n) is 6.76. The Morgan fingerprint density at radius 1 is 0.857 bits per heavy atom. The summed E-state index contributed by atoms with van der Waals surface area (Å²) < 4.78 is 23.1. The molecular weight excluding hydrogens is 424 g/mol. The van der Waals surface area contributed by atoms with Crippen LogP contribution in [0.25, 0.3) is 0 Å². The zero-order valence-electron chi connectivity index (χ0n) is 15.9. The Hall–Kier alpha value is -1.60. The third-order valence-electron chi connectivity index (χ3n) is 4.46. The number of aromatic hydroxyl groups is 1. The van der Waals surface area contributed by atoms with Crippen LogP contribution in [0.2, 0.25) is 0 Å². The van der Waals surface area contributed by atoms with Crippen LogP contribution in [0, 0.1) is 0 Å². The van der Waals surface area contributed by atoms with E-state index in [1.54, 1.807) is 24.3 Å². The lowest BCUT2D eigenvalue weighted by molar-refractivity contribution is -0.264. The van der Waals surface area contributed by atoms with E-state index in [1.807, 2.05) is 24.3 Å². The summed E-state index contributed by atoms with van der Waals surface area (Å²) in [7, 11) is 0. The van der Waals surface area contributed by atoms with Crippen molar-refractivity contribution >= 4 is 15.9 Å². The van der Waals surface area contributed by atoms with E-state index in [9.17, 15) is 5.11 Å². The smallest absolute Gasteiger partial charge is 0.160 e. The van der Waals surface area contributed by atoms with E-state index in [4.69, 9.17) is 18.9 Å². The van der Waals surface area contributed by atoms with Gasteiger partial charge in [0, 0.05) is 19.3 Å². The van der Waals surface area contributed by atoms with Crippen LogP contribution in [-0.4, -0.2) is 30.9 Å². The fourth-order valence-electron chi connectivity index (χ4n) is 3.01. The molecule has 2 aromatic carbocycles. The summed E-state index contributed by atoms with van der Waals surface area (Å²) in [5.74, 6) is 1.53.